The molecular formula is C13H20N2O3. The standard InChI is InChI=1S/C13H20N2O3/c1-8(2)10(9(3)16)11-14-12(15-18-11)13(17-4)6-5-7-13/h8,10H,5-7H2,1-4H3. The van der Waals surface area contributed by atoms with Crippen molar-refractivity contribution in [3.63, 3.8) is 0 Å². The molecule has 1 fully saturated rings. The molecule has 0 amide bonds. The number of hydrogen-bond donors (Lipinski definition) is 0. The summed E-state index contributed by atoms with van der Waals surface area (Å²) in [4.78, 5) is 16.0. The highest BCUT2D eigenvalue weighted by Crippen LogP contribution is 2.43. The zero-order valence-electron chi connectivity index (χ0n) is 11.4. The predicted molar refractivity (Wildman–Crippen MR) is 65.1 cm³/mol. The van der Waals surface area contributed by atoms with Crippen LogP contribution in [0.2, 0.25) is 0 Å². The van der Waals surface area contributed by atoms with E-state index in [0.717, 1.165) is 19.3 Å². The van der Waals surface area contributed by atoms with E-state index in [2.05, 4.69) is 10.1 Å². The number of Topliss-reactive ketones (excluding diaryl/α,β-unsaturated/α-hetero) is 1. The summed E-state index contributed by atoms with van der Waals surface area (Å²) in [6.07, 6.45) is 2.93. The van der Waals surface area contributed by atoms with Crippen LogP contribution >= 0.6 is 0 Å². The van der Waals surface area contributed by atoms with Gasteiger partial charge in [0.2, 0.25) is 11.7 Å². The van der Waals surface area contributed by atoms with E-state index in [9.17, 15) is 4.79 Å². The molecule has 1 saturated carbocycles. The van der Waals surface area contributed by atoms with Gasteiger partial charge in [0.25, 0.3) is 0 Å². The Morgan fingerprint density at radius 1 is 1.44 bits per heavy atom. The maximum atomic E-state index is 11.6. The molecule has 18 heavy (non-hydrogen) atoms. The fraction of sp³-hybridized carbons (Fsp3) is 0.769. The first-order valence-electron chi connectivity index (χ1n) is 6.40. The molecule has 0 spiro atoms. The van der Waals surface area contributed by atoms with Gasteiger partial charge in [-0.3, -0.25) is 4.79 Å². The Morgan fingerprint density at radius 2 is 2.11 bits per heavy atom. The number of nitrogens with zero attached hydrogens (tertiary/aromatic N) is 2. The van der Waals surface area contributed by atoms with E-state index in [1.165, 1.54) is 0 Å². The van der Waals surface area contributed by atoms with E-state index in [0.29, 0.717) is 11.7 Å². The van der Waals surface area contributed by atoms with Crippen LogP contribution in [0.25, 0.3) is 0 Å². The van der Waals surface area contributed by atoms with Crippen LogP contribution in [0, 0.1) is 5.92 Å². The van der Waals surface area contributed by atoms with Crippen LogP contribution in [0.4, 0.5) is 0 Å². The number of aromatic nitrogens is 2. The van der Waals surface area contributed by atoms with Crippen molar-refractivity contribution in [1.82, 2.24) is 10.1 Å². The fourth-order valence-corrected chi connectivity index (χ4v) is 2.49. The average Bonchev–Trinajstić information content (AvgIpc) is 2.65. The smallest absolute Gasteiger partial charge is 0.237 e. The highest BCUT2D eigenvalue weighted by molar-refractivity contribution is 5.82. The molecule has 1 aliphatic rings. The summed E-state index contributed by atoms with van der Waals surface area (Å²) >= 11 is 0. The van der Waals surface area contributed by atoms with Gasteiger partial charge in [0, 0.05) is 7.11 Å². The van der Waals surface area contributed by atoms with Gasteiger partial charge in [-0.2, -0.15) is 4.98 Å². The molecule has 5 heteroatoms. The van der Waals surface area contributed by atoms with Gasteiger partial charge < -0.3 is 9.26 Å². The fourth-order valence-electron chi connectivity index (χ4n) is 2.49. The van der Waals surface area contributed by atoms with Gasteiger partial charge in [-0.15, -0.1) is 0 Å². The summed E-state index contributed by atoms with van der Waals surface area (Å²) in [5.74, 6) is 0.880. The molecule has 0 bridgehead atoms. The predicted octanol–water partition coefficient (Wildman–Crippen LogP) is 2.42. The Morgan fingerprint density at radius 3 is 2.50 bits per heavy atom. The minimum absolute atomic E-state index is 0.0558. The minimum atomic E-state index is -0.389. The topological polar surface area (TPSA) is 65.2 Å². The second-order valence-electron chi connectivity index (χ2n) is 5.34. The molecule has 1 heterocycles. The number of carbonyl (C=O) groups is 1. The molecule has 0 saturated heterocycles. The quantitative estimate of drug-likeness (QED) is 0.805. The van der Waals surface area contributed by atoms with Gasteiger partial charge in [-0.25, -0.2) is 0 Å². The molecular weight excluding hydrogens is 232 g/mol. The highest BCUT2D eigenvalue weighted by atomic mass is 16.5. The second-order valence-corrected chi connectivity index (χ2v) is 5.34. The van der Waals surface area contributed by atoms with Crippen molar-refractivity contribution in [3.8, 4) is 0 Å². The van der Waals surface area contributed by atoms with Crippen molar-refractivity contribution in [2.24, 2.45) is 5.92 Å². The molecule has 0 aliphatic heterocycles. The van der Waals surface area contributed by atoms with Crippen LogP contribution in [-0.4, -0.2) is 23.0 Å². The van der Waals surface area contributed by atoms with Gasteiger partial charge in [0.1, 0.15) is 11.4 Å². The molecule has 100 valence electrons. The third-order valence-corrected chi connectivity index (χ3v) is 3.77. The Labute approximate surface area is 107 Å². The number of carbonyl (C=O) groups excluding carboxylic acids is 1. The third kappa shape index (κ3) is 2.07. The second kappa shape index (κ2) is 4.80. The molecule has 5 nitrogen and oxygen atoms in total. The number of ether oxygens (including phenoxy) is 1. The Balaban J connectivity index is 2.27. The zero-order valence-corrected chi connectivity index (χ0v) is 11.4. The normalized spacial score (nSPS) is 19.6. The lowest BCUT2D eigenvalue weighted by atomic mass is 9.79. The van der Waals surface area contributed by atoms with Gasteiger partial charge in [-0.05, 0) is 32.1 Å². The van der Waals surface area contributed by atoms with E-state index in [4.69, 9.17) is 9.26 Å². The van der Waals surface area contributed by atoms with E-state index in [1.54, 1.807) is 14.0 Å². The summed E-state index contributed by atoms with van der Waals surface area (Å²) < 4.78 is 10.8. The Hall–Kier alpha value is -1.23. The molecule has 1 aromatic heterocycles. The summed E-state index contributed by atoms with van der Waals surface area (Å²) in [6, 6.07) is 0. The Bertz CT molecular complexity index is 430. The lowest BCUT2D eigenvalue weighted by Crippen LogP contribution is -2.37. The van der Waals surface area contributed by atoms with Crippen molar-refractivity contribution < 1.29 is 14.1 Å². The van der Waals surface area contributed by atoms with Crippen molar-refractivity contribution in [2.45, 2.75) is 51.6 Å². The first-order chi connectivity index (χ1) is 8.50. The van der Waals surface area contributed by atoms with Crippen molar-refractivity contribution in [2.75, 3.05) is 7.11 Å². The van der Waals surface area contributed by atoms with Crippen LogP contribution in [-0.2, 0) is 15.1 Å². The molecule has 2 rings (SSSR count). The van der Waals surface area contributed by atoms with Crippen molar-refractivity contribution in [1.29, 1.82) is 0 Å². The molecule has 1 aromatic rings. The van der Waals surface area contributed by atoms with Gasteiger partial charge >= 0.3 is 0 Å². The summed E-state index contributed by atoms with van der Waals surface area (Å²) in [6.45, 7) is 5.51. The molecule has 0 radical (unpaired) electrons. The van der Waals surface area contributed by atoms with E-state index < -0.39 is 0 Å². The zero-order chi connectivity index (χ0) is 13.3. The minimum Gasteiger partial charge on any atom is -0.370 e. The Kier molecular flexibility index (Phi) is 3.52. The molecule has 1 aliphatic carbocycles. The van der Waals surface area contributed by atoms with Gasteiger partial charge in [-0.1, -0.05) is 19.0 Å². The monoisotopic (exact) mass is 252 g/mol. The first-order valence-corrected chi connectivity index (χ1v) is 6.40. The van der Waals surface area contributed by atoms with Crippen molar-refractivity contribution in [3.05, 3.63) is 11.7 Å². The largest absolute Gasteiger partial charge is 0.370 e. The number of rotatable bonds is 5. The number of methoxy groups -OCH3 is 1. The molecule has 1 unspecified atom stereocenters. The highest BCUT2D eigenvalue weighted by Gasteiger charge is 2.44. The van der Waals surface area contributed by atoms with Crippen LogP contribution in [0.1, 0.15) is 57.7 Å². The summed E-state index contributed by atoms with van der Waals surface area (Å²) in [5.41, 5.74) is -0.389. The SMILES string of the molecule is COC1(c2noc(C(C(C)=O)C(C)C)n2)CCC1. The first kappa shape index (κ1) is 13.2. The lowest BCUT2D eigenvalue weighted by Gasteiger charge is -2.37. The third-order valence-electron chi connectivity index (χ3n) is 3.77. The van der Waals surface area contributed by atoms with Crippen LogP contribution in [0.3, 0.4) is 0 Å². The maximum Gasteiger partial charge on any atom is 0.237 e. The number of ketones is 1. The summed E-state index contributed by atoms with van der Waals surface area (Å²) in [7, 11) is 1.67. The van der Waals surface area contributed by atoms with Crippen LogP contribution < -0.4 is 0 Å². The molecule has 0 N–H and O–H groups in total. The van der Waals surface area contributed by atoms with Crippen LogP contribution in [0.5, 0.6) is 0 Å². The van der Waals surface area contributed by atoms with Crippen LogP contribution in [0.15, 0.2) is 4.52 Å². The van der Waals surface area contributed by atoms with Gasteiger partial charge in [0.15, 0.2) is 0 Å². The maximum absolute atomic E-state index is 11.6. The van der Waals surface area contributed by atoms with E-state index in [-0.39, 0.29) is 23.2 Å². The lowest BCUT2D eigenvalue weighted by molar-refractivity contribution is -0.119. The van der Waals surface area contributed by atoms with Gasteiger partial charge in [0.05, 0.1) is 5.92 Å². The van der Waals surface area contributed by atoms with E-state index >= 15 is 0 Å². The summed E-state index contributed by atoms with van der Waals surface area (Å²) in [5, 5.41) is 4.00. The van der Waals surface area contributed by atoms with Crippen molar-refractivity contribution >= 4 is 5.78 Å². The average molecular weight is 252 g/mol. The number of hydrogen-bond acceptors (Lipinski definition) is 5. The molecule has 1 atom stereocenters. The molecule has 0 aromatic carbocycles. The van der Waals surface area contributed by atoms with E-state index in [1.807, 2.05) is 13.8 Å².